The predicted octanol–water partition coefficient (Wildman–Crippen LogP) is 2.26. The van der Waals surface area contributed by atoms with Gasteiger partial charge in [-0.3, -0.25) is 14.8 Å². The molecule has 0 spiro atoms. The summed E-state index contributed by atoms with van der Waals surface area (Å²) in [5.74, 6) is -0.0304. The molecule has 1 aromatic carbocycles. The van der Waals surface area contributed by atoms with E-state index in [2.05, 4.69) is 9.98 Å². The van der Waals surface area contributed by atoms with Crippen LogP contribution in [0.2, 0.25) is 0 Å². The van der Waals surface area contributed by atoms with Gasteiger partial charge in [-0.05, 0) is 29.8 Å². The maximum Gasteiger partial charge on any atom is 0.263 e. The smallest absolute Gasteiger partial charge is 0.263 e. The zero-order chi connectivity index (χ0) is 15.5. The first-order valence-electron chi connectivity index (χ1n) is 6.88. The fourth-order valence-corrected chi connectivity index (χ4v) is 2.35. The van der Waals surface area contributed by atoms with Gasteiger partial charge in [-0.1, -0.05) is 12.1 Å². The molecular formula is C17H15N3O2. The summed E-state index contributed by atoms with van der Waals surface area (Å²) in [6.07, 6.45) is 4.82. The summed E-state index contributed by atoms with van der Waals surface area (Å²) in [6, 6.07) is 11.0. The van der Waals surface area contributed by atoms with E-state index < -0.39 is 0 Å². The maximum absolute atomic E-state index is 12.3. The van der Waals surface area contributed by atoms with E-state index in [0.29, 0.717) is 17.4 Å². The summed E-state index contributed by atoms with van der Waals surface area (Å²) < 4.78 is 1.52. The van der Waals surface area contributed by atoms with Crippen LogP contribution in [0.3, 0.4) is 0 Å². The second-order valence-corrected chi connectivity index (χ2v) is 4.97. The minimum Gasteiger partial charge on any atom is -0.506 e. The van der Waals surface area contributed by atoms with Crippen molar-refractivity contribution in [1.29, 1.82) is 0 Å². The van der Waals surface area contributed by atoms with Gasteiger partial charge >= 0.3 is 0 Å². The van der Waals surface area contributed by atoms with E-state index in [1.54, 1.807) is 31.6 Å². The number of rotatable bonds is 3. The molecule has 3 rings (SSSR count). The summed E-state index contributed by atoms with van der Waals surface area (Å²) in [4.78, 5) is 20.5. The van der Waals surface area contributed by atoms with Crippen LogP contribution in [-0.2, 0) is 13.6 Å². The van der Waals surface area contributed by atoms with Gasteiger partial charge in [0, 0.05) is 31.0 Å². The SMILES string of the molecule is Cn1c(=O)c(C=NCc2ccncc2)c(O)c2ccccc21. The van der Waals surface area contributed by atoms with Crippen molar-refractivity contribution in [3.05, 3.63) is 70.3 Å². The van der Waals surface area contributed by atoms with Crippen LogP contribution in [0.5, 0.6) is 5.75 Å². The lowest BCUT2D eigenvalue weighted by atomic mass is 10.1. The minimum atomic E-state index is -0.269. The standard InChI is InChI=1S/C17H15N3O2/c1-20-15-5-3-2-4-13(15)16(21)14(17(20)22)11-19-10-12-6-8-18-9-7-12/h2-9,11,21H,10H2,1H3. The van der Waals surface area contributed by atoms with Crippen molar-refractivity contribution in [1.82, 2.24) is 9.55 Å². The molecule has 2 aromatic heterocycles. The Morgan fingerprint density at radius 1 is 1.23 bits per heavy atom. The van der Waals surface area contributed by atoms with E-state index in [1.165, 1.54) is 10.8 Å². The predicted molar refractivity (Wildman–Crippen MR) is 86.4 cm³/mol. The lowest BCUT2D eigenvalue weighted by Gasteiger charge is -2.09. The Balaban J connectivity index is 2.02. The molecule has 0 radical (unpaired) electrons. The lowest BCUT2D eigenvalue weighted by Crippen LogP contribution is -2.21. The van der Waals surface area contributed by atoms with Gasteiger partial charge in [0.1, 0.15) is 11.3 Å². The first kappa shape index (κ1) is 14.0. The van der Waals surface area contributed by atoms with Crippen molar-refractivity contribution in [2.24, 2.45) is 12.0 Å². The average molecular weight is 293 g/mol. The normalized spacial score (nSPS) is 11.3. The van der Waals surface area contributed by atoms with E-state index >= 15 is 0 Å². The van der Waals surface area contributed by atoms with Crippen molar-refractivity contribution >= 4 is 17.1 Å². The number of pyridine rings is 2. The Morgan fingerprint density at radius 2 is 1.95 bits per heavy atom. The van der Waals surface area contributed by atoms with Gasteiger partial charge in [0.15, 0.2) is 0 Å². The molecule has 5 heteroatoms. The van der Waals surface area contributed by atoms with Crippen LogP contribution in [-0.4, -0.2) is 20.9 Å². The summed E-state index contributed by atoms with van der Waals surface area (Å²) in [5.41, 5.74) is 1.62. The van der Waals surface area contributed by atoms with Crippen LogP contribution in [0.25, 0.3) is 10.9 Å². The Bertz CT molecular complexity index is 899. The van der Waals surface area contributed by atoms with Crippen molar-refractivity contribution in [3.8, 4) is 5.75 Å². The molecule has 110 valence electrons. The highest BCUT2D eigenvalue weighted by atomic mass is 16.3. The van der Waals surface area contributed by atoms with E-state index in [4.69, 9.17) is 0 Å². The third-order valence-corrected chi connectivity index (χ3v) is 3.55. The van der Waals surface area contributed by atoms with Crippen molar-refractivity contribution in [2.45, 2.75) is 6.54 Å². The summed E-state index contributed by atoms with van der Waals surface area (Å²) in [6.45, 7) is 0.429. The van der Waals surface area contributed by atoms with Crippen LogP contribution < -0.4 is 5.56 Å². The van der Waals surface area contributed by atoms with E-state index in [0.717, 1.165) is 5.56 Å². The van der Waals surface area contributed by atoms with Crippen LogP contribution >= 0.6 is 0 Å². The molecular weight excluding hydrogens is 278 g/mol. The monoisotopic (exact) mass is 293 g/mol. The molecule has 0 unspecified atom stereocenters. The van der Waals surface area contributed by atoms with E-state index in [9.17, 15) is 9.90 Å². The Morgan fingerprint density at radius 3 is 2.73 bits per heavy atom. The number of aryl methyl sites for hydroxylation is 1. The molecule has 0 amide bonds. The van der Waals surface area contributed by atoms with Gasteiger partial charge < -0.3 is 9.67 Å². The van der Waals surface area contributed by atoms with Crippen LogP contribution in [0, 0.1) is 0 Å². The highest BCUT2D eigenvalue weighted by Gasteiger charge is 2.12. The Kier molecular flexibility index (Phi) is 3.70. The molecule has 0 aliphatic rings. The quantitative estimate of drug-likeness (QED) is 0.753. The number of para-hydroxylation sites is 1. The molecule has 0 fully saturated rings. The Labute approximate surface area is 127 Å². The van der Waals surface area contributed by atoms with Gasteiger partial charge in [0.05, 0.1) is 12.1 Å². The number of hydrogen-bond acceptors (Lipinski definition) is 4. The van der Waals surface area contributed by atoms with Gasteiger partial charge in [-0.2, -0.15) is 0 Å². The number of nitrogens with zero attached hydrogens (tertiary/aromatic N) is 3. The van der Waals surface area contributed by atoms with Crippen LogP contribution in [0.4, 0.5) is 0 Å². The highest BCUT2D eigenvalue weighted by molar-refractivity contribution is 5.94. The zero-order valence-corrected chi connectivity index (χ0v) is 12.1. The summed E-state index contributed by atoms with van der Waals surface area (Å²) in [5, 5.41) is 11.0. The van der Waals surface area contributed by atoms with E-state index in [1.807, 2.05) is 24.3 Å². The molecule has 0 aliphatic carbocycles. The molecule has 0 atom stereocenters. The first-order valence-corrected chi connectivity index (χ1v) is 6.88. The average Bonchev–Trinajstić information content (AvgIpc) is 2.57. The second kappa shape index (κ2) is 5.81. The van der Waals surface area contributed by atoms with Gasteiger partial charge in [-0.25, -0.2) is 0 Å². The van der Waals surface area contributed by atoms with Gasteiger partial charge in [0.2, 0.25) is 0 Å². The molecule has 0 saturated carbocycles. The zero-order valence-electron chi connectivity index (χ0n) is 12.1. The molecule has 3 aromatic rings. The molecule has 0 saturated heterocycles. The fourth-order valence-electron chi connectivity index (χ4n) is 2.35. The number of aromatic nitrogens is 2. The highest BCUT2D eigenvalue weighted by Crippen LogP contribution is 2.24. The number of aromatic hydroxyl groups is 1. The third kappa shape index (κ3) is 2.48. The topological polar surface area (TPSA) is 67.5 Å². The fraction of sp³-hybridized carbons (Fsp3) is 0.118. The Hall–Kier alpha value is -2.95. The van der Waals surface area contributed by atoms with Crippen LogP contribution in [0.1, 0.15) is 11.1 Å². The lowest BCUT2D eigenvalue weighted by molar-refractivity contribution is 0.478. The molecule has 5 nitrogen and oxygen atoms in total. The van der Waals surface area contributed by atoms with Gasteiger partial charge in [-0.15, -0.1) is 0 Å². The molecule has 2 heterocycles. The minimum absolute atomic E-state index is 0.0304. The number of aliphatic imine (C=N–C) groups is 1. The van der Waals surface area contributed by atoms with Crippen molar-refractivity contribution in [3.63, 3.8) is 0 Å². The van der Waals surface area contributed by atoms with Gasteiger partial charge in [0.25, 0.3) is 5.56 Å². The summed E-state index contributed by atoms with van der Waals surface area (Å²) >= 11 is 0. The summed E-state index contributed by atoms with van der Waals surface area (Å²) in [7, 11) is 1.68. The molecule has 22 heavy (non-hydrogen) atoms. The maximum atomic E-state index is 12.3. The first-order chi connectivity index (χ1) is 10.7. The third-order valence-electron chi connectivity index (χ3n) is 3.55. The largest absolute Gasteiger partial charge is 0.506 e. The molecule has 0 aliphatic heterocycles. The van der Waals surface area contributed by atoms with Crippen LogP contribution in [0.15, 0.2) is 58.6 Å². The molecule has 1 N–H and O–H groups in total. The number of benzene rings is 1. The van der Waals surface area contributed by atoms with Crippen molar-refractivity contribution in [2.75, 3.05) is 0 Å². The number of fused-ring (bicyclic) bond motifs is 1. The second-order valence-electron chi connectivity index (χ2n) is 4.97. The van der Waals surface area contributed by atoms with E-state index in [-0.39, 0.29) is 16.9 Å². The van der Waals surface area contributed by atoms with Crippen molar-refractivity contribution < 1.29 is 5.11 Å². The number of hydrogen-bond donors (Lipinski definition) is 1. The molecule has 0 bridgehead atoms.